The molecule has 0 unspecified atom stereocenters. The van der Waals surface area contributed by atoms with E-state index in [9.17, 15) is 13.6 Å². The minimum absolute atomic E-state index is 0.0140. The van der Waals surface area contributed by atoms with Crippen molar-refractivity contribution >= 4 is 39.9 Å². The number of hydrogen-bond donors (Lipinski definition) is 3. The molecule has 2 fully saturated rings. The number of benzene rings is 1. The first-order valence-corrected chi connectivity index (χ1v) is 9.45. The number of anilines is 2. The predicted molar refractivity (Wildman–Crippen MR) is 103 cm³/mol. The smallest absolute Gasteiger partial charge is 0.323 e. The number of hydrogen-bond acceptors (Lipinski definition) is 2. The van der Waals surface area contributed by atoms with Crippen molar-refractivity contribution in [3.05, 3.63) is 41.8 Å². The average molecular weight is 406 g/mol. The summed E-state index contributed by atoms with van der Waals surface area (Å²) in [6, 6.07) is 5.11. The number of aromatic nitrogens is 3. The summed E-state index contributed by atoms with van der Waals surface area (Å²) in [7, 11) is 0. The fourth-order valence-corrected chi connectivity index (χ4v) is 4.72. The Bertz CT molecular complexity index is 1060. The van der Waals surface area contributed by atoms with E-state index in [0.29, 0.717) is 29.2 Å². The van der Waals surface area contributed by atoms with Gasteiger partial charge in [0.25, 0.3) is 0 Å². The van der Waals surface area contributed by atoms with Crippen molar-refractivity contribution in [2.45, 2.75) is 37.6 Å². The Hall–Kier alpha value is -2.61. The van der Waals surface area contributed by atoms with Crippen molar-refractivity contribution in [1.29, 1.82) is 0 Å². The van der Waals surface area contributed by atoms with Crippen LogP contribution in [0.3, 0.4) is 0 Å². The van der Waals surface area contributed by atoms with Gasteiger partial charge in [0, 0.05) is 41.2 Å². The molecule has 0 saturated heterocycles. The molecule has 1 spiro atoms. The molecule has 2 saturated carbocycles. The van der Waals surface area contributed by atoms with E-state index in [1.807, 2.05) is 6.07 Å². The first-order chi connectivity index (χ1) is 13.3. The normalized spacial score (nSPS) is 20.0. The zero-order chi connectivity index (χ0) is 19.5. The third-order valence-corrected chi connectivity index (χ3v) is 5.97. The fourth-order valence-electron chi connectivity index (χ4n) is 4.54. The summed E-state index contributed by atoms with van der Waals surface area (Å²) in [5.74, 6) is -2.49. The second kappa shape index (κ2) is 5.94. The number of amides is 2. The third-order valence-electron chi connectivity index (χ3n) is 5.73. The number of alkyl halides is 2. The predicted octanol–water partition coefficient (Wildman–Crippen LogP) is 5.41. The molecular weight excluding hydrogens is 388 g/mol. The maximum Gasteiger partial charge on any atom is 0.323 e. The van der Waals surface area contributed by atoms with Crippen LogP contribution in [0.25, 0.3) is 10.9 Å². The number of H-pyrrole nitrogens is 1. The molecular formula is C19H18ClF2N5O. The van der Waals surface area contributed by atoms with E-state index in [4.69, 9.17) is 11.6 Å². The molecule has 5 rings (SSSR count). The van der Waals surface area contributed by atoms with Crippen LogP contribution >= 0.6 is 11.6 Å². The zero-order valence-electron chi connectivity index (χ0n) is 14.8. The topological polar surface area (TPSA) is 74.7 Å². The van der Waals surface area contributed by atoms with Gasteiger partial charge in [-0.2, -0.15) is 5.10 Å². The lowest BCUT2D eigenvalue weighted by Crippen LogP contribution is -2.53. The minimum atomic E-state index is -2.49. The van der Waals surface area contributed by atoms with Gasteiger partial charge in [-0.3, -0.25) is 4.68 Å². The van der Waals surface area contributed by atoms with Gasteiger partial charge in [-0.1, -0.05) is 11.6 Å². The lowest BCUT2D eigenvalue weighted by atomic mass is 9.52. The molecule has 9 heteroatoms. The second-order valence-corrected chi connectivity index (χ2v) is 8.39. The van der Waals surface area contributed by atoms with E-state index < -0.39 is 12.0 Å². The highest BCUT2D eigenvalue weighted by atomic mass is 35.5. The molecule has 0 aliphatic heterocycles. The van der Waals surface area contributed by atoms with E-state index in [1.165, 1.54) is 0 Å². The zero-order valence-corrected chi connectivity index (χ0v) is 15.6. The Morgan fingerprint density at radius 1 is 1.29 bits per heavy atom. The molecule has 2 aliphatic carbocycles. The fraction of sp³-hybridized carbons (Fsp3) is 0.368. The van der Waals surface area contributed by atoms with E-state index in [1.54, 1.807) is 35.4 Å². The Labute approximate surface area is 164 Å². The van der Waals surface area contributed by atoms with Gasteiger partial charge in [0.05, 0.1) is 23.6 Å². The van der Waals surface area contributed by atoms with Gasteiger partial charge >= 0.3 is 6.03 Å². The van der Waals surface area contributed by atoms with Crippen LogP contribution < -0.4 is 10.6 Å². The number of urea groups is 1. The van der Waals surface area contributed by atoms with Gasteiger partial charge in [0.15, 0.2) is 0 Å². The van der Waals surface area contributed by atoms with E-state index >= 15 is 0 Å². The minimum Gasteiger partial charge on any atom is -0.359 e. The Balaban J connectivity index is 1.20. The summed E-state index contributed by atoms with van der Waals surface area (Å²) in [5.41, 5.74) is 1.83. The molecule has 6 nitrogen and oxygen atoms in total. The number of carbonyl (C=O) groups excluding carboxylic acids is 1. The Morgan fingerprint density at radius 3 is 2.82 bits per heavy atom. The van der Waals surface area contributed by atoms with Crippen molar-refractivity contribution in [3.8, 4) is 0 Å². The van der Waals surface area contributed by atoms with Crippen molar-refractivity contribution in [3.63, 3.8) is 0 Å². The number of halogens is 3. The van der Waals surface area contributed by atoms with Crippen LogP contribution in [0.4, 0.5) is 25.0 Å². The lowest BCUT2D eigenvalue weighted by Gasteiger charge is -2.57. The number of rotatable bonds is 3. The van der Waals surface area contributed by atoms with Gasteiger partial charge in [-0.15, -0.1) is 0 Å². The number of fused-ring (bicyclic) bond motifs is 1. The Morgan fingerprint density at radius 2 is 2.07 bits per heavy atom. The highest BCUT2D eigenvalue weighted by molar-refractivity contribution is 6.31. The number of nitrogens with one attached hydrogen (secondary N) is 3. The number of nitrogens with zero attached hydrogens (tertiary/aromatic N) is 2. The largest absolute Gasteiger partial charge is 0.359 e. The standard InChI is InChI=1S/C19H18ClF2N5O/c20-11-1-2-15-14(3-11)16(7-23-15)26-17(28)25-12-6-24-27(8-12)13-4-18(5-13)9-19(21,22)10-18/h1-3,6-8,13,23H,4-5,9-10H2,(H2,25,26,28). The van der Waals surface area contributed by atoms with Gasteiger partial charge in [0.1, 0.15) is 0 Å². The summed E-state index contributed by atoms with van der Waals surface area (Å²) in [6.45, 7) is 0. The highest BCUT2D eigenvalue weighted by Crippen LogP contribution is 2.65. The molecule has 0 atom stereocenters. The van der Waals surface area contributed by atoms with Crippen LogP contribution in [0, 0.1) is 5.41 Å². The van der Waals surface area contributed by atoms with Crippen LogP contribution in [0.1, 0.15) is 31.7 Å². The summed E-state index contributed by atoms with van der Waals surface area (Å²) in [5, 5.41) is 11.2. The third kappa shape index (κ3) is 3.01. The first-order valence-electron chi connectivity index (χ1n) is 9.08. The van der Waals surface area contributed by atoms with Gasteiger partial charge in [-0.25, -0.2) is 13.6 Å². The lowest BCUT2D eigenvalue weighted by molar-refractivity contribution is -0.204. The quantitative estimate of drug-likeness (QED) is 0.544. The van der Waals surface area contributed by atoms with Crippen molar-refractivity contribution < 1.29 is 13.6 Å². The van der Waals surface area contributed by atoms with Crippen LogP contribution in [0.2, 0.25) is 5.02 Å². The van der Waals surface area contributed by atoms with Crippen molar-refractivity contribution in [1.82, 2.24) is 14.8 Å². The summed E-state index contributed by atoms with van der Waals surface area (Å²) >= 11 is 6.02. The van der Waals surface area contributed by atoms with Crippen LogP contribution in [0.5, 0.6) is 0 Å². The molecule has 3 N–H and O–H groups in total. The summed E-state index contributed by atoms with van der Waals surface area (Å²) in [6.07, 6.45) is 6.40. The summed E-state index contributed by atoms with van der Waals surface area (Å²) in [4.78, 5) is 15.4. The molecule has 2 aliphatic rings. The monoisotopic (exact) mass is 405 g/mol. The molecule has 2 aromatic heterocycles. The van der Waals surface area contributed by atoms with Gasteiger partial charge in [0.2, 0.25) is 5.92 Å². The highest BCUT2D eigenvalue weighted by Gasteiger charge is 2.62. The van der Waals surface area contributed by atoms with E-state index in [0.717, 1.165) is 10.9 Å². The van der Waals surface area contributed by atoms with Gasteiger partial charge in [-0.05, 0) is 36.5 Å². The van der Waals surface area contributed by atoms with Crippen molar-refractivity contribution in [2.75, 3.05) is 10.6 Å². The SMILES string of the molecule is O=C(Nc1cnn(C2CC3(C2)CC(F)(F)C3)c1)Nc1c[nH]c2ccc(Cl)cc12. The second-order valence-electron chi connectivity index (χ2n) is 7.95. The number of aromatic amines is 1. The van der Waals surface area contributed by atoms with E-state index in [2.05, 4.69) is 20.7 Å². The molecule has 1 aromatic carbocycles. The van der Waals surface area contributed by atoms with E-state index in [-0.39, 0.29) is 24.3 Å². The molecule has 146 valence electrons. The average Bonchev–Trinajstić information content (AvgIpc) is 3.17. The maximum atomic E-state index is 13.1. The Kier molecular flexibility index (Phi) is 3.71. The molecule has 2 heterocycles. The van der Waals surface area contributed by atoms with Crippen LogP contribution in [0.15, 0.2) is 36.8 Å². The summed E-state index contributed by atoms with van der Waals surface area (Å²) < 4.78 is 28.0. The number of carbonyl (C=O) groups is 1. The molecule has 0 bridgehead atoms. The molecule has 3 aromatic rings. The van der Waals surface area contributed by atoms with Crippen molar-refractivity contribution in [2.24, 2.45) is 5.41 Å². The van der Waals surface area contributed by atoms with Gasteiger partial charge < -0.3 is 15.6 Å². The first kappa shape index (κ1) is 17.5. The maximum absolute atomic E-state index is 13.1. The van der Waals surface area contributed by atoms with Crippen LogP contribution in [-0.2, 0) is 0 Å². The van der Waals surface area contributed by atoms with Crippen LogP contribution in [-0.4, -0.2) is 26.7 Å². The molecule has 2 amide bonds. The molecule has 28 heavy (non-hydrogen) atoms. The molecule has 0 radical (unpaired) electrons.